The van der Waals surface area contributed by atoms with Crippen molar-refractivity contribution in [2.24, 2.45) is 7.05 Å². The van der Waals surface area contributed by atoms with Gasteiger partial charge in [0, 0.05) is 13.5 Å². The molecule has 0 aliphatic carbocycles. The molecule has 1 aromatic carbocycles. The van der Waals surface area contributed by atoms with Crippen LogP contribution < -0.4 is 0 Å². The highest BCUT2D eigenvalue weighted by Gasteiger charge is 2.15. The van der Waals surface area contributed by atoms with Crippen molar-refractivity contribution in [3.8, 4) is 11.4 Å². The Morgan fingerprint density at radius 1 is 1.27 bits per heavy atom. The van der Waals surface area contributed by atoms with E-state index in [2.05, 4.69) is 20.3 Å². The van der Waals surface area contributed by atoms with Gasteiger partial charge in [0.05, 0.1) is 11.3 Å². The van der Waals surface area contributed by atoms with E-state index in [-0.39, 0.29) is 5.82 Å². The van der Waals surface area contributed by atoms with E-state index >= 15 is 0 Å². The quantitative estimate of drug-likeness (QED) is 0.674. The van der Waals surface area contributed by atoms with Gasteiger partial charge in [-0.3, -0.25) is 0 Å². The molecule has 0 saturated heterocycles. The van der Waals surface area contributed by atoms with Crippen molar-refractivity contribution >= 4 is 11.8 Å². The van der Waals surface area contributed by atoms with E-state index in [0.717, 1.165) is 6.42 Å². The summed E-state index contributed by atoms with van der Waals surface area (Å²) < 4.78 is 20.7. The van der Waals surface area contributed by atoms with E-state index in [0.29, 0.717) is 34.0 Å². The van der Waals surface area contributed by atoms with Crippen LogP contribution in [0.15, 0.2) is 33.9 Å². The average Bonchev–Trinajstić information content (AvgIpc) is 3.13. The predicted molar refractivity (Wildman–Crippen MR) is 79.6 cm³/mol. The third-order valence-electron chi connectivity index (χ3n) is 3.10. The largest absolute Gasteiger partial charge is 0.338 e. The first kappa shape index (κ1) is 14.7. The van der Waals surface area contributed by atoms with Gasteiger partial charge in [0.2, 0.25) is 5.89 Å². The number of halogens is 1. The standard InChI is InChI=1S/C14H14FN5OS/c1-3-11-16-12(21-19-11)8-22-14-18-17-13(20(14)2)9-6-4-5-7-10(9)15/h4-7H,3,8H2,1-2H3. The average molecular weight is 319 g/mol. The maximum Gasteiger partial charge on any atom is 0.237 e. The first-order valence-electron chi connectivity index (χ1n) is 6.77. The highest BCUT2D eigenvalue weighted by molar-refractivity contribution is 7.98. The zero-order valence-electron chi connectivity index (χ0n) is 12.2. The van der Waals surface area contributed by atoms with Crippen LogP contribution in [0, 0.1) is 5.82 Å². The van der Waals surface area contributed by atoms with Crippen LogP contribution in [0.2, 0.25) is 0 Å². The smallest absolute Gasteiger partial charge is 0.237 e. The van der Waals surface area contributed by atoms with Crippen LogP contribution >= 0.6 is 11.8 Å². The van der Waals surface area contributed by atoms with Crippen LogP contribution in [0.1, 0.15) is 18.6 Å². The highest BCUT2D eigenvalue weighted by atomic mass is 32.2. The molecule has 3 aromatic rings. The summed E-state index contributed by atoms with van der Waals surface area (Å²) >= 11 is 1.42. The molecule has 2 heterocycles. The molecule has 6 nitrogen and oxygen atoms in total. The molecule has 0 atom stereocenters. The number of rotatable bonds is 5. The van der Waals surface area contributed by atoms with Crippen molar-refractivity contribution in [1.29, 1.82) is 0 Å². The maximum absolute atomic E-state index is 13.8. The van der Waals surface area contributed by atoms with Gasteiger partial charge in [-0.15, -0.1) is 10.2 Å². The Balaban J connectivity index is 1.77. The summed E-state index contributed by atoms with van der Waals surface area (Å²) in [4.78, 5) is 4.24. The zero-order chi connectivity index (χ0) is 15.5. The molecule has 0 fully saturated rings. The van der Waals surface area contributed by atoms with E-state index in [1.807, 2.05) is 6.92 Å². The lowest BCUT2D eigenvalue weighted by atomic mass is 10.2. The summed E-state index contributed by atoms with van der Waals surface area (Å²) in [5.41, 5.74) is 0.426. The summed E-state index contributed by atoms with van der Waals surface area (Å²) in [6.07, 6.45) is 0.732. The molecule has 2 aromatic heterocycles. The number of aryl methyl sites for hydroxylation is 1. The summed E-state index contributed by atoms with van der Waals surface area (Å²) in [5, 5.41) is 12.7. The summed E-state index contributed by atoms with van der Waals surface area (Å²) in [6, 6.07) is 6.50. The molecule has 0 bridgehead atoms. The molecular weight excluding hydrogens is 305 g/mol. The summed E-state index contributed by atoms with van der Waals surface area (Å²) in [5.74, 6) is 1.88. The van der Waals surface area contributed by atoms with Crippen molar-refractivity contribution in [3.05, 3.63) is 41.8 Å². The van der Waals surface area contributed by atoms with Crippen LogP contribution in [0.4, 0.5) is 4.39 Å². The molecule has 22 heavy (non-hydrogen) atoms. The SMILES string of the molecule is CCc1noc(CSc2nnc(-c3ccccc3F)n2C)n1. The van der Waals surface area contributed by atoms with Crippen LogP contribution in [0.25, 0.3) is 11.4 Å². The number of hydrogen-bond acceptors (Lipinski definition) is 6. The fourth-order valence-corrected chi connectivity index (χ4v) is 2.68. The van der Waals surface area contributed by atoms with Gasteiger partial charge in [0.15, 0.2) is 16.8 Å². The fraction of sp³-hybridized carbons (Fsp3) is 0.286. The van der Waals surface area contributed by atoms with Gasteiger partial charge < -0.3 is 9.09 Å². The Morgan fingerprint density at radius 3 is 2.82 bits per heavy atom. The molecule has 0 spiro atoms. The molecule has 0 unspecified atom stereocenters. The molecule has 0 aliphatic rings. The molecular formula is C14H14FN5OS. The minimum atomic E-state index is -0.320. The third-order valence-corrected chi connectivity index (χ3v) is 4.11. The third kappa shape index (κ3) is 2.87. The van der Waals surface area contributed by atoms with Crippen molar-refractivity contribution in [2.75, 3.05) is 0 Å². The topological polar surface area (TPSA) is 69.6 Å². The Hall–Kier alpha value is -2.22. The molecule has 0 radical (unpaired) electrons. The molecule has 0 N–H and O–H groups in total. The van der Waals surface area contributed by atoms with Crippen molar-refractivity contribution in [1.82, 2.24) is 24.9 Å². The normalized spacial score (nSPS) is 11.0. The number of aromatic nitrogens is 5. The van der Waals surface area contributed by atoms with Crippen LogP contribution in [-0.2, 0) is 19.2 Å². The Labute approximate surface area is 130 Å². The second-order valence-corrected chi connectivity index (χ2v) is 5.53. The van der Waals surface area contributed by atoms with E-state index in [1.54, 1.807) is 29.8 Å². The molecule has 3 rings (SSSR count). The lowest BCUT2D eigenvalue weighted by Crippen LogP contribution is -1.96. The number of hydrogen-bond donors (Lipinski definition) is 0. The molecule has 114 valence electrons. The van der Waals surface area contributed by atoms with Crippen LogP contribution in [0.3, 0.4) is 0 Å². The Bertz CT molecular complexity index is 785. The highest BCUT2D eigenvalue weighted by Crippen LogP contribution is 2.26. The van der Waals surface area contributed by atoms with Gasteiger partial charge >= 0.3 is 0 Å². The minimum absolute atomic E-state index is 0.320. The lowest BCUT2D eigenvalue weighted by molar-refractivity contribution is 0.385. The summed E-state index contributed by atoms with van der Waals surface area (Å²) in [6.45, 7) is 1.96. The minimum Gasteiger partial charge on any atom is -0.338 e. The molecule has 0 saturated carbocycles. The van der Waals surface area contributed by atoms with Crippen molar-refractivity contribution in [2.45, 2.75) is 24.3 Å². The Kier molecular flexibility index (Phi) is 4.19. The summed E-state index contributed by atoms with van der Waals surface area (Å²) in [7, 11) is 1.80. The zero-order valence-corrected chi connectivity index (χ0v) is 13.0. The van der Waals surface area contributed by atoms with Gasteiger partial charge in [0.25, 0.3) is 0 Å². The van der Waals surface area contributed by atoms with Gasteiger partial charge in [-0.2, -0.15) is 4.98 Å². The van der Waals surface area contributed by atoms with E-state index in [9.17, 15) is 4.39 Å². The van der Waals surface area contributed by atoms with Crippen LogP contribution in [0.5, 0.6) is 0 Å². The second kappa shape index (κ2) is 6.27. The fourth-order valence-electron chi connectivity index (χ4n) is 1.94. The van der Waals surface area contributed by atoms with Crippen molar-refractivity contribution < 1.29 is 8.91 Å². The van der Waals surface area contributed by atoms with E-state index in [4.69, 9.17) is 4.52 Å². The first-order chi connectivity index (χ1) is 10.7. The number of thioether (sulfide) groups is 1. The van der Waals surface area contributed by atoms with E-state index in [1.165, 1.54) is 17.8 Å². The first-order valence-corrected chi connectivity index (χ1v) is 7.76. The molecule has 0 aliphatic heterocycles. The predicted octanol–water partition coefficient (Wildman–Crippen LogP) is 2.86. The van der Waals surface area contributed by atoms with Gasteiger partial charge in [-0.05, 0) is 12.1 Å². The monoisotopic (exact) mass is 319 g/mol. The lowest BCUT2D eigenvalue weighted by Gasteiger charge is -2.03. The van der Waals surface area contributed by atoms with Gasteiger partial charge in [0.1, 0.15) is 5.82 Å². The van der Waals surface area contributed by atoms with Gasteiger partial charge in [-0.1, -0.05) is 36.0 Å². The maximum atomic E-state index is 13.8. The van der Waals surface area contributed by atoms with E-state index < -0.39 is 0 Å². The number of nitrogens with zero attached hydrogens (tertiary/aromatic N) is 5. The Morgan fingerprint density at radius 2 is 2.09 bits per heavy atom. The molecule has 8 heteroatoms. The second-order valence-electron chi connectivity index (χ2n) is 4.59. The number of benzene rings is 1. The molecule has 0 amide bonds. The van der Waals surface area contributed by atoms with Crippen molar-refractivity contribution in [3.63, 3.8) is 0 Å². The van der Waals surface area contributed by atoms with Crippen LogP contribution in [-0.4, -0.2) is 24.9 Å². The van der Waals surface area contributed by atoms with Gasteiger partial charge in [-0.25, -0.2) is 4.39 Å².